The second kappa shape index (κ2) is 3.65. The van der Waals surface area contributed by atoms with Crippen molar-refractivity contribution in [1.29, 1.82) is 0 Å². The molecule has 1 aliphatic heterocycles. The van der Waals surface area contributed by atoms with Gasteiger partial charge in [0.05, 0.1) is 0 Å². The summed E-state index contributed by atoms with van der Waals surface area (Å²) in [7, 11) is 0. The number of rotatable bonds is 2. The van der Waals surface area contributed by atoms with Gasteiger partial charge in [0.2, 0.25) is 0 Å². The van der Waals surface area contributed by atoms with Crippen LogP contribution >= 0.6 is 11.8 Å². The molecule has 2 rings (SSSR count). The third-order valence-electron chi connectivity index (χ3n) is 1.79. The van der Waals surface area contributed by atoms with Gasteiger partial charge in [-0.3, -0.25) is 0 Å². The predicted octanol–water partition coefficient (Wildman–Crippen LogP) is 1.43. The monoisotopic (exact) mass is 244 g/mol. The van der Waals surface area contributed by atoms with E-state index in [9.17, 15) is 0 Å². The van der Waals surface area contributed by atoms with Crippen LogP contribution in [0.25, 0.3) is 0 Å². The molecule has 1 nitrogen and oxygen atoms in total. The molecule has 0 aromatic carbocycles. The summed E-state index contributed by atoms with van der Waals surface area (Å²) < 4.78 is 2.37. The van der Waals surface area contributed by atoms with Gasteiger partial charge in [-0.25, -0.2) is 0 Å². The molecule has 0 amide bonds. The van der Waals surface area contributed by atoms with E-state index in [4.69, 9.17) is 0 Å². The standard InChI is InChI=1S/C9H10NSSe/c1-2-12-9-7-11-8-5-3-4-6-10(8)9/h2-6,9H,1,7H2/q+1. The summed E-state index contributed by atoms with van der Waals surface area (Å²) in [6, 6.07) is 6.38. The van der Waals surface area contributed by atoms with Crippen LogP contribution in [0.5, 0.6) is 0 Å². The number of aromatic nitrogens is 1. The van der Waals surface area contributed by atoms with Gasteiger partial charge in [0, 0.05) is 0 Å². The van der Waals surface area contributed by atoms with Crippen LogP contribution in [0.4, 0.5) is 0 Å². The minimum absolute atomic E-state index is 0.546. The van der Waals surface area contributed by atoms with Gasteiger partial charge < -0.3 is 0 Å². The molecule has 1 atom stereocenters. The summed E-state index contributed by atoms with van der Waals surface area (Å²) in [5, 5.41) is 1.39. The first-order valence-electron chi connectivity index (χ1n) is 3.81. The molecule has 0 spiro atoms. The van der Waals surface area contributed by atoms with E-state index in [2.05, 4.69) is 40.5 Å². The van der Waals surface area contributed by atoms with Crippen LogP contribution in [0.1, 0.15) is 4.94 Å². The Morgan fingerprint density at radius 2 is 2.58 bits per heavy atom. The Morgan fingerprint density at radius 3 is 3.42 bits per heavy atom. The molecule has 1 unspecified atom stereocenters. The number of pyridine rings is 1. The molecule has 0 fully saturated rings. The van der Waals surface area contributed by atoms with Crippen molar-refractivity contribution in [1.82, 2.24) is 0 Å². The Labute approximate surface area is 83.0 Å². The zero-order valence-electron chi connectivity index (χ0n) is 6.64. The molecular weight excluding hydrogens is 233 g/mol. The molecule has 62 valence electrons. The van der Waals surface area contributed by atoms with Gasteiger partial charge in [-0.1, -0.05) is 0 Å². The predicted molar refractivity (Wildman–Crippen MR) is 52.3 cm³/mol. The summed E-state index contributed by atoms with van der Waals surface area (Å²) in [4.78, 5) is 2.75. The van der Waals surface area contributed by atoms with Gasteiger partial charge in [-0.15, -0.1) is 0 Å². The molecule has 0 saturated heterocycles. The Hall–Kier alpha value is -0.241. The molecule has 0 N–H and O–H groups in total. The Balaban J connectivity index is 2.29. The normalized spacial score (nSPS) is 20.5. The molecule has 1 aromatic heterocycles. The Morgan fingerprint density at radius 1 is 1.67 bits per heavy atom. The van der Waals surface area contributed by atoms with Gasteiger partial charge in [0.25, 0.3) is 0 Å². The Bertz CT molecular complexity index is 300. The summed E-state index contributed by atoms with van der Waals surface area (Å²) in [5.41, 5.74) is 0. The molecule has 1 aromatic rings. The molecule has 2 heterocycles. The van der Waals surface area contributed by atoms with E-state index in [1.807, 2.05) is 11.8 Å². The molecule has 12 heavy (non-hydrogen) atoms. The molecule has 0 saturated carbocycles. The summed E-state index contributed by atoms with van der Waals surface area (Å²) in [6.07, 6.45) is 2.17. The van der Waals surface area contributed by atoms with E-state index >= 15 is 0 Å². The average Bonchev–Trinajstić information content (AvgIpc) is 2.50. The number of hydrogen-bond donors (Lipinski definition) is 0. The third kappa shape index (κ3) is 1.45. The van der Waals surface area contributed by atoms with Crippen molar-refractivity contribution in [3.8, 4) is 0 Å². The summed E-state index contributed by atoms with van der Waals surface area (Å²) >= 11 is 2.49. The fraction of sp³-hybridized carbons (Fsp3) is 0.222. The fourth-order valence-electron chi connectivity index (χ4n) is 1.25. The van der Waals surface area contributed by atoms with Crippen LogP contribution in [-0.2, 0) is 0 Å². The molecule has 3 heteroatoms. The van der Waals surface area contributed by atoms with Crippen molar-refractivity contribution in [2.24, 2.45) is 0 Å². The maximum atomic E-state index is 3.80. The third-order valence-corrected chi connectivity index (χ3v) is 5.28. The van der Waals surface area contributed by atoms with Gasteiger partial charge in [0.15, 0.2) is 0 Å². The SMILES string of the molecule is C=C[Se]C1CSc2cccc[n+]21. The first-order valence-corrected chi connectivity index (χ1v) is 6.77. The topological polar surface area (TPSA) is 3.88 Å². The van der Waals surface area contributed by atoms with E-state index in [-0.39, 0.29) is 0 Å². The molecule has 0 bridgehead atoms. The first-order chi connectivity index (χ1) is 5.92. The maximum absolute atomic E-state index is 3.80. The van der Waals surface area contributed by atoms with Gasteiger partial charge in [-0.2, -0.15) is 0 Å². The Kier molecular flexibility index (Phi) is 2.54. The van der Waals surface area contributed by atoms with Crippen LogP contribution in [-0.4, -0.2) is 20.7 Å². The second-order valence-electron chi connectivity index (χ2n) is 2.51. The van der Waals surface area contributed by atoms with E-state index in [0.29, 0.717) is 19.9 Å². The van der Waals surface area contributed by atoms with Crippen molar-refractivity contribution in [3.05, 3.63) is 35.9 Å². The van der Waals surface area contributed by atoms with Crippen LogP contribution < -0.4 is 4.57 Å². The van der Waals surface area contributed by atoms with Crippen LogP contribution in [0.3, 0.4) is 0 Å². The summed E-state index contributed by atoms with van der Waals surface area (Å²) in [5.74, 6) is 1.22. The van der Waals surface area contributed by atoms with Crippen molar-refractivity contribution in [2.75, 3.05) is 5.75 Å². The van der Waals surface area contributed by atoms with E-state index in [1.165, 1.54) is 10.8 Å². The number of hydrogen-bond acceptors (Lipinski definition) is 1. The quantitative estimate of drug-likeness (QED) is 0.561. The van der Waals surface area contributed by atoms with E-state index in [0.717, 1.165) is 0 Å². The fourth-order valence-corrected chi connectivity index (χ4v) is 4.52. The minimum atomic E-state index is 0.546. The van der Waals surface area contributed by atoms with Gasteiger partial charge >= 0.3 is 83.0 Å². The van der Waals surface area contributed by atoms with E-state index in [1.54, 1.807) is 0 Å². The number of thioether (sulfide) groups is 1. The molecule has 1 aliphatic rings. The molecular formula is C9H10NSSe+. The zero-order valence-corrected chi connectivity index (χ0v) is 9.17. The first kappa shape index (κ1) is 8.36. The second-order valence-corrected chi connectivity index (χ2v) is 5.97. The van der Waals surface area contributed by atoms with Gasteiger partial charge in [-0.05, 0) is 0 Å². The van der Waals surface area contributed by atoms with Crippen LogP contribution in [0.15, 0.2) is 41.0 Å². The van der Waals surface area contributed by atoms with Gasteiger partial charge in [0.1, 0.15) is 0 Å². The molecule has 0 aliphatic carbocycles. The zero-order chi connectivity index (χ0) is 8.39. The van der Waals surface area contributed by atoms with Crippen molar-refractivity contribution in [2.45, 2.75) is 9.97 Å². The number of nitrogens with zero attached hydrogens (tertiary/aromatic N) is 1. The average molecular weight is 243 g/mol. The van der Waals surface area contributed by atoms with E-state index < -0.39 is 0 Å². The van der Waals surface area contributed by atoms with Crippen molar-refractivity contribution >= 4 is 26.7 Å². The van der Waals surface area contributed by atoms with Crippen LogP contribution in [0.2, 0.25) is 0 Å². The van der Waals surface area contributed by atoms with Crippen molar-refractivity contribution in [3.63, 3.8) is 0 Å². The summed E-state index contributed by atoms with van der Waals surface area (Å²) in [6.45, 7) is 3.80. The van der Waals surface area contributed by atoms with Crippen LogP contribution in [0, 0.1) is 0 Å². The van der Waals surface area contributed by atoms with Crippen molar-refractivity contribution < 1.29 is 4.57 Å². The molecule has 0 radical (unpaired) electrons. The number of fused-ring (bicyclic) bond motifs is 1.